The van der Waals surface area contributed by atoms with Crippen molar-refractivity contribution in [3.8, 4) is 0 Å². The lowest BCUT2D eigenvalue weighted by atomic mass is 10.2. The number of anilines is 1. The van der Waals surface area contributed by atoms with Gasteiger partial charge in [-0.15, -0.1) is 11.8 Å². The number of rotatable bonds is 5. The minimum atomic E-state index is -0.0916. The maximum atomic E-state index is 14.1. The first-order valence-electron chi connectivity index (χ1n) is 8.18. The van der Waals surface area contributed by atoms with Gasteiger partial charge in [-0.25, -0.2) is 4.39 Å². The summed E-state index contributed by atoms with van der Waals surface area (Å²) in [6.45, 7) is 11.6. The number of halogens is 1. The van der Waals surface area contributed by atoms with E-state index in [1.165, 1.54) is 0 Å². The molecule has 5 heteroatoms. The van der Waals surface area contributed by atoms with E-state index in [1.807, 2.05) is 51.6 Å². The minimum absolute atomic E-state index is 0.0916. The normalized spacial score (nSPS) is 13.6. The van der Waals surface area contributed by atoms with Gasteiger partial charge in [0.25, 0.3) is 0 Å². The first kappa shape index (κ1) is 21.6. The number of hydrogen-bond donors (Lipinski definition) is 1. The standard InChI is InChI=1S/C13H19FN2S2.2C2H6/c1-17-8-9-18-11-2-3-13(12(14)10-11)16-6-4-15-5-7-16;2*1-2/h2-3,10,15H,4-9H2,1H3;2*1-2H3. The maximum Gasteiger partial charge on any atom is 0.147 e. The lowest BCUT2D eigenvalue weighted by Crippen LogP contribution is -2.43. The monoisotopic (exact) mass is 346 g/mol. The Labute approximate surface area is 144 Å². The number of piperazine rings is 1. The van der Waals surface area contributed by atoms with E-state index in [1.54, 1.807) is 17.8 Å². The molecule has 22 heavy (non-hydrogen) atoms. The molecule has 1 heterocycles. The number of benzene rings is 1. The van der Waals surface area contributed by atoms with Crippen molar-refractivity contribution in [2.75, 3.05) is 48.8 Å². The van der Waals surface area contributed by atoms with Crippen molar-refractivity contribution in [2.24, 2.45) is 0 Å². The molecule has 2 nitrogen and oxygen atoms in total. The average Bonchev–Trinajstić information content (AvgIpc) is 2.60. The molecule has 1 aliphatic rings. The number of nitrogens with zero attached hydrogens (tertiary/aromatic N) is 1. The van der Waals surface area contributed by atoms with E-state index in [-0.39, 0.29) is 5.82 Å². The Hall–Kier alpha value is -0.390. The van der Waals surface area contributed by atoms with Crippen LogP contribution in [0.1, 0.15) is 27.7 Å². The molecule has 1 aromatic rings. The van der Waals surface area contributed by atoms with E-state index >= 15 is 0 Å². The van der Waals surface area contributed by atoms with Crippen LogP contribution in [0.3, 0.4) is 0 Å². The molecule has 0 radical (unpaired) electrons. The predicted molar refractivity (Wildman–Crippen MR) is 103 cm³/mol. The molecule has 0 unspecified atom stereocenters. The van der Waals surface area contributed by atoms with E-state index in [2.05, 4.69) is 16.5 Å². The van der Waals surface area contributed by atoms with Crippen LogP contribution in [-0.4, -0.2) is 43.9 Å². The summed E-state index contributed by atoms with van der Waals surface area (Å²) >= 11 is 3.54. The summed E-state index contributed by atoms with van der Waals surface area (Å²) in [5, 5.41) is 3.28. The van der Waals surface area contributed by atoms with Gasteiger partial charge in [0.05, 0.1) is 5.69 Å². The summed E-state index contributed by atoms with van der Waals surface area (Å²) in [6.07, 6.45) is 2.09. The van der Waals surface area contributed by atoms with Gasteiger partial charge in [0.1, 0.15) is 5.82 Å². The van der Waals surface area contributed by atoms with Gasteiger partial charge >= 0.3 is 0 Å². The van der Waals surface area contributed by atoms with Crippen molar-refractivity contribution in [1.82, 2.24) is 5.32 Å². The lowest BCUT2D eigenvalue weighted by molar-refractivity contribution is 0.565. The smallest absolute Gasteiger partial charge is 0.147 e. The summed E-state index contributed by atoms with van der Waals surface area (Å²) in [6, 6.07) is 5.62. The molecule has 1 fully saturated rings. The van der Waals surface area contributed by atoms with Crippen LogP contribution in [0.15, 0.2) is 23.1 Å². The highest BCUT2D eigenvalue weighted by Gasteiger charge is 2.14. The van der Waals surface area contributed by atoms with Gasteiger partial charge in [0, 0.05) is 42.6 Å². The zero-order valence-corrected chi connectivity index (χ0v) is 16.2. The SMILES string of the molecule is CC.CC.CSCCSc1ccc(N2CCNCC2)c(F)c1. The fourth-order valence-electron chi connectivity index (χ4n) is 1.98. The van der Waals surface area contributed by atoms with Crippen LogP contribution in [-0.2, 0) is 0 Å². The molecule has 2 rings (SSSR count). The van der Waals surface area contributed by atoms with Crippen LogP contribution in [0.4, 0.5) is 10.1 Å². The summed E-state index contributed by atoms with van der Waals surface area (Å²) in [7, 11) is 0. The quantitative estimate of drug-likeness (QED) is 0.611. The molecular formula is C17H31FN2S2. The van der Waals surface area contributed by atoms with Gasteiger partial charge in [-0.2, -0.15) is 11.8 Å². The van der Waals surface area contributed by atoms with Crippen LogP contribution in [0.25, 0.3) is 0 Å². The van der Waals surface area contributed by atoms with Crippen LogP contribution >= 0.6 is 23.5 Å². The molecule has 128 valence electrons. The van der Waals surface area contributed by atoms with Gasteiger partial charge in [-0.3, -0.25) is 0 Å². The first-order chi connectivity index (χ1) is 10.8. The van der Waals surface area contributed by atoms with Crippen LogP contribution in [0, 0.1) is 5.82 Å². The molecule has 1 saturated heterocycles. The second-order valence-corrected chi connectivity index (χ2v) is 6.35. The van der Waals surface area contributed by atoms with Gasteiger partial charge in [-0.05, 0) is 24.5 Å². The summed E-state index contributed by atoms with van der Waals surface area (Å²) < 4.78 is 14.1. The van der Waals surface area contributed by atoms with Gasteiger partial charge < -0.3 is 10.2 Å². The summed E-state index contributed by atoms with van der Waals surface area (Å²) in [4.78, 5) is 3.14. The molecule has 0 saturated carbocycles. The largest absolute Gasteiger partial charge is 0.367 e. The first-order valence-corrected chi connectivity index (χ1v) is 10.6. The molecule has 1 N–H and O–H groups in total. The highest BCUT2D eigenvalue weighted by atomic mass is 32.2. The minimum Gasteiger partial charge on any atom is -0.367 e. The average molecular weight is 347 g/mol. The topological polar surface area (TPSA) is 15.3 Å². The Balaban J connectivity index is 0.00000102. The van der Waals surface area contributed by atoms with E-state index < -0.39 is 0 Å². The second-order valence-electron chi connectivity index (χ2n) is 4.19. The molecule has 0 aromatic heterocycles. The zero-order chi connectivity index (χ0) is 16.8. The van der Waals surface area contributed by atoms with E-state index in [0.717, 1.165) is 48.3 Å². The molecule has 1 aliphatic heterocycles. The van der Waals surface area contributed by atoms with Crippen molar-refractivity contribution in [1.29, 1.82) is 0 Å². The van der Waals surface area contributed by atoms with Gasteiger partial charge in [0.15, 0.2) is 0 Å². The molecule has 0 atom stereocenters. The Bertz CT molecular complexity index is 383. The Morgan fingerprint density at radius 2 is 1.73 bits per heavy atom. The number of hydrogen-bond acceptors (Lipinski definition) is 4. The van der Waals surface area contributed by atoms with Crippen molar-refractivity contribution < 1.29 is 4.39 Å². The summed E-state index contributed by atoms with van der Waals surface area (Å²) in [5.74, 6) is 2.05. The zero-order valence-electron chi connectivity index (χ0n) is 14.6. The Morgan fingerprint density at radius 1 is 1.09 bits per heavy atom. The van der Waals surface area contributed by atoms with Crippen molar-refractivity contribution in [3.63, 3.8) is 0 Å². The maximum absolute atomic E-state index is 14.1. The second kappa shape index (κ2) is 14.2. The van der Waals surface area contributed by atoms with Gasteiger partial charge in [0.2, 0.25) is 0 Å². The van der Waals surface area contributed by atoms with Crippen molar-refractivity contribution >= 4 is 29.2 Å². The Morgan fingerprint density at radius 3 is 2.27 bits per heavy atom. The van der Waals surface area contributed by atoms with E-state index in [4.69, 9.17) is 0 Å². The summed E-state index contributed by atoms with van der Waals surface area (Å²) in [5.41, 5.74) is 0.741. The third-order valence-electron chi connectivity index (χ3n) is 2.93. The highest BCUT2D eigenvalue weighted by molar-refractivity contribution is 8.02. The third kappa shape index (κ3) is 7.75. The van der Waals surface area contributed by atoms with Crippen LogP contribution in [0.2, 0.25) is 0 Å². The molecule has 0 amide bonds. The van der Waals surface area contributed by atoms with Crippen molar-refractivity contribution in [2.45, 2.75) is 32.6 Å². The molecule has 0 bridgehead atoms. The van der Waals surface area contributed by atoms with Crippen LogP contribution < -0.4 is 10.2 Å². The fourth-order valence-corrected chi connectivity index (χ4v) is 3.57. The predicted octanol–water partition coefficient (Wildman–Crippen LogP) is 4.74. The molecule has 0 spiro atoms. The number of nitrogens with one attached hydrogen (secondary N) is 1. The molecular weight excluding hydrogens is 315 g/mol. The van der Waals surface area contributed by atoms with Gasteiger partial charge in [-0.1, -0.05) is 27.7 Å². The van der Waals surface area contributed by atoms with Crippen LogP contribution in [0.5, 0.6) is 0 Å². The lowest BCUT2D eigenvalue weighted by Gasteiger charge is -2.29. The third-order valence-corrected chi connectivity index (χ3v) is 4.80. The number of thioether (sulfide) groups is 2. The van der Waals surface area contributed by atoms with Crippen molar-refractivity contribution in [3.05, 3.63) is 24.0 Å². The van der Waals surface area contributed by atoms with E-state index in [9.17, 15) is 4.39 Å². The highest BCUT2D eigenvalue weighted by Crippen LogP contribution is 2.26. The fraction of sp³-hybridized carbons (Fsp3) is 0.647. The Kier molecular flexibility index (Phi) is 14.0. The van der Waals surface area contributed by atoms with E-state index in [0.29, 0.717) is 0 Å². The molecule has 0 aliphatic carbocycles. The molecule has 1 aromatic carbocycles.